The third kappa shape index (κ3) is 1.27. The molecule has 0 unspecified atom stereocenters. The number of nitrogens with zero attached hydrogens (tertiary/aromatic N) is 2. The molecule has 0 aliphatic carbocycles. The summed E-state index contributed by atoms with van der Waals surface area (Å²) in [4.78, 5) is 14.4. The van der Waals surface area contributed by atoms with Gasteiger partial charge < -0.3 is 5.11 Å². The summed E-state index contributed by atoms with van der Waals surface area (Å²) in [7, 11) is 0. The lowest BCUT2D eigenvalue weighted by atomic mass is 10.3. The average molecular weight is 259 g/mol. The van der Waals surface area contributed by atoms with Gasteiger partial charge in [0.2, 0.25) is 5.95 Å². The van der Waals surface area contributed by atoms with Crippen LogP contribution in [-0.4, -0.2) is 20.5 Å². The lowest BCUT2D eigenvalue weighted by molar-refractivity contribution is 0.0697. The molecule has 14 heavy (non-hydrogen) atoms. The van der Waals surface area contributed by atoms with Crippen molar-refractivity contribution in [3.8, 4) is 0 Å². The molecule has 2 heterocycles. The van der Waals surface area contributed by atoms with Crippen molar-refractivity contribution in [3.05, 3.63) is 34.4 Å². The van der Waals surface area contributed by atoms with Crippen LogP contribution < -0.4 is 0 Å². The van der Waals surface area contributed by atoms with Crippen LogP contribution in [0.5, 0.6) is 0 Å². The maximum Gasteiger partial charge on any atom is 0.337 e. The summed E-state index contributed by atoms with van der Waals surface area (Å²) in [6.45, 7) is 0. The monoisotopic (exact) mass is 258 g/mol. The Morgan fingerprint density at radius 3 is 3.00 bits per heavy atom. The summed E-state index contributed by atoms with van der Waals surface area (Å²) in [5, 5.41) is 8.67. The molecule has 6 heteroatoms. The van der Waals surface area contributed by atoms with Crippen molar-refractivity contribution in [1.29, 1.82) is 0 Å². The standard InChI is InChI=1S/C8H4BrFN2O2/c9-5-2-11-6-1-4(8(13)14)3-12(6)7(5)10/h1-3H,(H,13,14). The highest BCUT2D eigenvalue weighted by molar-refractivity contribution is 9.10. The Morgan fingerprint density at radius 1 is 1.64 bits per heavy atom. The van der Waals surface area contributed by atoms with Crippen LogP contribution in [0.4, 0.5) is 4.39 Å². The van der Waals surface area contributed by atoms with Crippen molar-refractivity contribution in [3.63, 3.8) is 0 Å². The fourth-order valence-electron chi connectivity index (χ4n) is 1.12. The second-order valence-electron chi connectivity index (χ2n) is 2.66. The predicted octanol–water partition coefficient (Wildman–Crippen LogP) is 1.93. The van der Waals surface area contributed by atoms with Crippen LogP contribution in [0.3, 0.4) is 0 Å². The molecule has 0 aliphatic heterocycles. The lowest BCUT2D eigenvalue weighted by Gasteiger charge is -1.97. The van der Waals surface area contributed by atoms with E-state index in [1.54, 1.807) is 0 Å². The Balaban J connectivity index is 2.77. The van der Waals surface area contributed by atoms with Gasteiger partial charge in [-0.15, -0.1) is 0 Å². The highest BCUT2D eigenvalue weighted by atomic mass is 79.9. The predicted molar refractivity (Wildman–Crippen MR) is 49.8 cm³/mol. The highest BCUT2D eigenvalue weighted by Gasteiger charge is 2.11. The van der Waals surface area contributed by atoms with Gasteiger partial charge in [0, 0.05) is 12.4 Å². The molecule has 4 nitrogen and oxygen atoms in total. The topological polar surface area (TPSA) is 54.6 Å². The normalized spacial score (nSPS) is 10.7. The number of hydrogen-bond donors (Lipinski definition) is 1. The fourth-order valence-corrected chi connectivity index (χ4v) is 1.41. The molecule has 0 saturated heterocycles. The molecule has 0 spiro atoms. The van der Waals surface area contributed by atoms with E-state index >= 15 is 0 Å². The summed E-state index contributed by atoms with van der Waals surface area (Å²) in [5.41, 5.74) is 0.276. The lowest BCUT2D eigenvalue weighted by Crippen LogP contribution is -1.95. The first-order valence-corrected chi connectivity index (χ1v) is 4.44. The minimum absolute atomic E-state index is 0.00880. The third-order valence-corrected chi connectivity index (χ3v) is 2.30. The Morgan fingerprint density at radius 2 is 2.36 bits per heavy atom. The highest BCUT2D eigenvalue weighted by Crippen LogP contribution is 2.17. The van der Waals surface area contributed by atoms with Gasteiger partial charge in [-0.25, -0.2) is 9.78 Å². The van der Waals surface area contributed by atoms with E-state index < -0.39 is 11.9 Å². The molecule has 0 atom stereocenters. The molecule has 1 N–H and O–H groups in total. The molecule has 0 amide bonds. The number of carbonyl (C=O) groups is 1. The second-order valence-corrected chi connectivity index (χ2v) is 3.51. The minimum Gasteiger partial charge on any atom is -0.478 e. The van der Waals surface area contributed by atoms with Crippen LogP contribution in [0.1, 0.15) is 10.4 Å². The van der Waals surface area contributed by atoms with Crippen molar-refractivity contribution in [2.24, 2.45) is 0 Å². The SMILES string of the molecule is O=C(O)c1cc2ncc(Br)c(F)n2c1. The van der Waals surface area contributed by atoms with Crippen molar-refractivity contribution in [2.75, 3.05) is 0 Å². The maximum atomic E-state index is 13.4. The summed E-state index contributed by atoms with van der Waals surface area (Å²) in [6.07, 6.45) is 2.47. The van der Waals surface area contributed by atoms with Crippen LogP contribution in [0, 0.1) is 5.95 Å². The molecule has 0 aromatic carbocycles. The average Bonchev–Trinajstić information content (AvgIpc) is 2.56. The molecule has 0 aliphatic rings. The van der Waals surface area contributed by atoms with Crippen molar-refractivity contribution in [1.82, 2.24) is 9.38 Å². The van der Waals surface area contributed by atoms with E-state index in [2.05, 4.69) is 20.9 Å². The Bertz CT molecular complexity index is 523. The van der Waals surface area contributed by atoms with Crippen molar-refractivity contribution in [2.45, 2.75) is 0 Å². The van der Waals surface area contributed by atoms with Crippen LogP contribution in [0.15, 0.2) is 22.9 Å². The Kier molecular flexibility index (Phi) is 1.99. The number of halogens is 2. The molecule has 2 aromatic heterocycles. The van der Waals surface area contributed by atoms with Gasteiger partial charge in [-0.3, -0.25) is 4.40 Å². The molecule has 2 rings (SSSR count). The van der Waals surface area contributed by atoms with Gasteiger partial charge in [-0.2, -0.15) is 4.39 Å². The molecule has 0 radical (unpaired) electrons. The number of aromatic carboxylic acids is 1. The first-order chi connectivity index (χ1) is 6.59. The molecule has 0 saturated carbocycles. The van der Waals surface area contributed by atoms with E-state index in [4.69, 9.17) is 5.11 Å². The number of carboxylic acid groups (broad SMARTS) is 1. The van der Waals surface area contributed by atoms with Crippen molar-refractivity contribution >= 4 is 27.5 Å². The first-order valence-electron chi connectivity index (χ1n) is 3.65. The quantitative estimate of drug-likeness (QED) is 0.796. The van der Waals surface area contributed by atoms with Crippen LogP contribution in [0.2, 0.25) is 0 Å². The molecular weight excluding hydrogens is 255 g/mol. The third-order valence-electron chi connectivity index (χ3n) is 1.77. The maximum absolute atomic E-state index is 13.4. The van der Waals surface area contributed by atoms with E-state index in [-0.39, 0.29) is 15.7 Å². The second kappa shape index (κ2) is 3.06. The van der Waals surface area contributed by atoms with Crippen LogP contribution in [0.25, 0.3) is 5.65 Å². The molecule has 0 bridgehead atoms. The van der Waals surface area contributed by atoms with Crippen molar-refractivity contribution < 1.29 is 14.3 Å². The summed E-state index contributed by atoms with van der Waals surface area (Å²) < 4.78 is 14.6. The largest absolute Gasteiger partial charge is 0.478 e. The zero-order valence-corrected chi connectivity index (χ0v) is 8.32. The van der Waals surface area contributed by atoms with E-state index in [0.29, 0.717) is 0 Å². The number of carboxylic acids is 1. The zero-order chi connectivity index (χ0) is 10.3. The van der Waals surface area contributed by atoms with Crippen LogP contribution in [-0.2, 0) is 0 Å². The summed E-state index contributed by atoms with van der Waals surface area (Å²) in [5.74, 6) is -1.67. The van der Waals surface area contributed by atoms with Gasteiger partial charge in [-0.1, -0.05) is 0 Å². The van der Waals surface area contributed by atoms with E-state index in [0.717, 1.165) is 4.40 Å². The first kappa shape index (κ1) is 9.14. The van der Waals surface area contributed by atoms with E-state index in [1.165, 1.54) is 18.5 Å². The molecule has 0 fully saturated rings. The Hall–Kier alpha value is -1.43. The minimum atomic E-state index is -1.11. The number of aromatic nitrogens is 2. The van der Waals surface area contributed by atoms with Gasteiger partial charge in [-0.05, 0) is 22.0 Å². The summed E-state index contributed by atoms with van der Waals surface area (Å²) >= 11 is 2.96. The van der Waals surface area contributed by atoms with Crippen LogP contribution >= 0.6 is 15.9 Å². The molecule has 2 aromatic rings. The summed E-state index contributed by atoms with van der Waals surface area (Å²) in [6, 6.07) is 1.30. The van der Waals surface area contributed by atoms with E-state index in [9.17, 15) is 9.18 Å². The number of rotatable bonds is 1. The molecular formula is C8H4BrFN2O2. The smallest absolute Gasteiger partial charge is 0.337 e. The van der Waals surface area contributed by atoms with Gasteiger partial charge in [0.1, 0.15) is 5.65 Å². The van der Waals surface area contributed by atoms with Gasteiger partial charge in [0.05, 0.1) is 10.0 Å². The zero-order valence-electron chi connectivity index (χ0n) is 6.74. The van der Waals surface area contributed by atoms with Gasteiger partial charge in [0.25, 0.3) is 0 Å². The fraction of sp³-hybridized carbons (Fsp3) is 0. The van der Waals surface area contributed by atoms with E-state index in [1.807, 2.05) is 0 Å². The van der Waals surface area contributed by atoms with Gasteiger partial charge >= 0.3 is 5.97 Å². The Labute approximate surface area is 86.1 Å². The number of fused-ring (bicyclic) bond motifs is 1. The van der Waals surface area contributed by atoms with Gasteiger partial charge in [0.15, 0.2) is 0 Å². The number of hydrogen-bond acceptors (Lipinski definition) is 2. The molecule has 72 valence electrons.